The van der Waals surface area contributed by atoms with Crippen molar-refractivity contribution in [3.05, 3.63) is 76.3 Å². The molecule has 0 saturated heterocycles. The smallest absolute Gasteiger partial charge is 0.339 e. The Balaban J connectivity index is 2.43. The predicted molar refractivity (Wildman–Crippen MR) is 144 cm³/mol. The average Bonchev–Trinajstić information content (AvgIpc) is 2.97. The lowest BCUT2D eigenvalue weighted by atomic mass is 9.83. The molecule has 0 aliphatic rings. The minimum Gasteiger partial charge on any atom is -0.496 e. The molecule has 0 atom stereocenters. The molecule has 0 bridgehead atoms. The first-order chi connectivity index (χ1) is 18.7. The summed E-state index contributed by atoms with van der Waals surface area (Å²) in [6, 6.07) is 14.7. The van der Waals surface area contributed by atoms with Crippen LogP contribution in [0.5, 0.6) is 5.75 Å². The summed E-state index contributed by atoms with van der Waals surface area (Å²) < 4.78 is 25.8. The number of hydrogen-bond donors (Lipinski definition) is 0. The minimum atomic E-state index is -1.04. The molecule has 0 spiro atoms. The first-order valence-electron chi connectivity index (χ1n) is 11.8. The summed E-state index contributed by atoms with van der Waals surface area (Å²) in [6.07, 6.45) is 0. The van der Waals surface area contributed by atoms with Gasteiger partial charge in [-0.15, -0.1) is 0 Å². The van der Waals surface area contributed by atoms with E-state index in [4.69, 9.17) is 23.7 Å². The summed E-state index contributed by atoms with van der Waals surface area (Å²) in [4.78, 5) is 53.0. The predicted octanol–water partition coefficient (Wildman–Crippen LogP) is 5.12. The quantitative estimate of drug-likeness (QED) is 0.247. The van der Waals surface area contributed by atoms with Gasteiger partial charge in [-0.25, -0.2) is 19.2 Å². The molecular weight excluding hydrogens is 504 g/mol. The highest BCUT2D eigenvalue weighted by Gasteiger charge is 2.37. The van der Waals surface area contributed by atoms with Gasteiger partial charge < -0.3 is 23.7 Å². The maximum absolute atomic E-state index is 13.4. The zero-order chi connectivity index (χ0) is 28.4. The van der Waals surface area contributed by atoms with Crippen LogP contribution in [0.3, 0.4) is 0 Å². The molecule has 9 nitrogen and oxygen atoms in total. The zero-order valence-electron chi connectivity index (χ0n) is 22.3. The van der Waals surface area contributed by atoms with Crippen LogP contribution in [-0.2, 0) is 18.9 Å². The molecule has 4 rings (SSSR count). The standard InChI is InChI=1S/C30H26O9/c1-15-13-18(21-17-10-8-7-9-16(17)11-12-20(21)35-2)22-19(14-15)23(27(31)36-3)25(29(33)38-5)26(30(34)39-6)24(22)28(32)37-4/h7-14H,1-6H3. The van der Waals surface area contributed by atoms with E-state index < -0.39 is 35.0 Å². The van der Waals surface area contributed by atoms with Crippen LogP contribution < -0.4 is 4.74 Å². The molecule has 9 heteroatoms. The molecule has 0 amide bonds. The van der Waals surface area contributed by atoms with Gasteiger partial charge in [0, 0.05) is 10.9 Å². The van der Waals surface area contributed by atoms with E-state index in [2.05, 4.69) is 0 Å². The lowest BCUT2D eigenvalue weighted by Gasteiger charge is -2.22. The van der Waals surface area contributed by atoms with Crippen molar-refractivity contribution >= 4 is 45.4 Å². The Labute approximate surface area is 224 Å². The van der Waals surface area contributed by atoms with Gasteiger partial charge in [-0.1, -0.05) is 42.5 Å². The highest BCUT2D eigenvalue weighted by Crippen LogP contribution is 2.45. The SMILES string of the molecule is COC(=O)c1c(C(=O)OC)c(C(=O)OC)c2c(-c3c(OC)ccc4ccccc34)cc(C)cc2c1C(=O)OC. The van der Waals surface area contributed by atoms with E-state index in [0.717, 1.165) is 39.2 Å². The molecule has 4 aromatic rings. The molecule has 4 aromatic carbocycles. The number of carbonyl (C=O) groups is 4. The normalized spacial score (nSPS) is 10.7. The number of esters is 4. The van der Waals surface area contributed by atoms with Crippen LogP contribution in [0.1, 0.15) is 47.0 Å². The minimum absolute atomic E-state index is 0.176. The van der Waals surface area contributed by atoms with Crippen LogP contribution in [0.2, 0.25) is 0 Å². The topological polar surface area (TPSA) is 114 Å². The van der Waals surface area contributed by atoms with Crippen LogP contribution in [0, 0.1) is 6.92 Å². The van der Waals surface area contributed by atoms with Crippen molar-refractivity contribution in [3.63, 3.8) is 0 Å². The summed E-state index contributed by atoms with van der Waals surface area (Å²) in [5.41, 5.74) is 0.292. The van der Waals surface area contributed by atoms with E-state index in [1.54, 1.807) is 25.1 Å². The fourth-order valence-corrected chi connectivity index (χ4v) is 4.89. The van der Waals surface area contributed by atoms with Crippen LogP contribution in [0.25, 0.3) is 32.7 Å². The molecule has 0 N–H and O–H groups in total. The molecule has 0 aromatic heterocycles. The molecule has 0 aliphatic carbocycles. The number of methoxy groups -OCH3 is 5. The van der Waals surface area contributed by atoms with Crippen molar-refractivity contribution in [2.24, 2.45) is 0 Å². The van der Waals surface area contributed by atoms with Gasteiger partial charge in [0.05, 0.1) is 57.8 Å². The molecule has 39 heavy (non-hydrogen) atoms. The Morgan fingerprint density at radius 3 is 1.72 bits per heavy atom. The number of benzene rings is 4. The fraction of sp³-hybridized carbons (Fsp3) is 0.200. The third-order valence-electron chi connectivity index (χ3n) is 6.49. The van der Waals surface area contributed by atoms with Gasteiger partial charge in [0.2, 0.25) is 0 Å². The highest BCUT2D eigenvalue weighted by molar-refractivity contribution is 6.27. The van der Waals surface area contributed by atoms with Crippen LogP contribution in [-0.4, -0.2) is 59.4 Å². The van der Waals surface area contributed by atoms with Crippen molar-refractivity contribution in [2.75, 3.05) is 35.5 Å². The van der Waals surface area contributed by atoms with Crippen molar-refractivity contribution in [2.45, 2.75) is 6.92 Å². The van der Waals surface area contributed by atoms with Crippen LogP contribution in [0.15, 0.2) is 48.5 Å². The van der Waals surface area contributed by atoms with Gasteiger partial charge in [0.25, 0.3) is 0 Å². The number of hydrogen-bond acceptors (Lipinski definition) is 9. The van der Waals surface area contributed by atoms with E-state index in [-0.39, 0.29) is 21.9 Å². The van der Waals surface area contributed by atoms with Crippen molar-refractivity contribution in [1.82, 2.24) is 0 Å². The number of rotatable bonds is 6. The monoisotopic (exact) mass is 530 g/mol. The Hall–Kier alpha value is -4.92. The lowest BCUT2D eigenvalue weighted by Crippen LogP contribution is -2.23. The molecule has 0 heterocycles. The Bertz CT molecular complexity index is 1670. The second-order valence-corrected chi connectivity index (χ2v) is 8.57. The van der Waals surface area contributed by atoms with E-state index in [9.17, 15) is 19.2 Å². The van der Waals surface area contributed by atoms with Crippen molar-refractivity contribution in [1.29, 1.82) is 0 Å². The van der Waals surface area contributed by atoms with E-state index in [1.165, 1.54) is 7.11 Å². The summed E-state index contributed by atoms with van der Waals surface area (Å²) in [7, 11) is 5.99. The summed E-state index contributed by atoms with van der Waals surface area (Å²) in [5.74, 6) is -3.43. The molecule has 0 fully saturated rings. The van der Waals surface area contributed by atoms with Gasteiger partial charge in [0.15, 0.2) is 0 Å². The summed E-state index contributed by atoms with van der Waals surface area (Å²) in [6.45, 7) is 1.80. The van der Waals surface area contributed by atoms with Gasteiger partial charge in [-0.05, 0) is 40.3 Å². The van der Waals surface area contributed by atoms with E-state index >= 15 is 0 Å². The summed E-state index contributed by atoms with van der Waals surface area (Å²) in [5, 5.41) is 2.03. The molecule has 0 saturated carbocycles. The molecule has 0 unspecified atom stereocenters. The first kappa shape index (κ1) is 27.1. The maximum Gasteiger partial charge on any atom is 0.339 e. The molecular formula is C30H26O9. The van der Waals surface area contributed by atoms with Gasteiger partial charge in [0.1, 0.15) is 5.75 Å². The van der Waals surface area contributed by atoms with Crippen molar-refractivity contribution < 1.29 is 42.9 Å². The summed E-state index contributed by atoms with van der Waals surface area (Å²) >= 11 is 0. The lowest BCUT2D eigenvalue weighted by molar-refractivity contribution is 0.0523. The second kappa shape index (κ2) is 10.8. The zero-order valence-corrected chi connectivity index (χ0v) is 22.3. The number of fused-ring (bicyclic) bond motifs is 2. The average molecular weight is 531 g/mol. The number of aryl methyl sites for hydroxylation is 1. The molecule has 200 valence electrons. The molecule has 0 aliphatic heterocycles. The second-order valence-electron chi connectivity index (χ2n) is 8.57. The number of ether oxygens (including phenoxy) is 5. The van der Waals surface area contributed by atoms with Crippen LogP contribution in [0.4, 0.5) is 0 Å². The third kappa shape index (κ3) is 4.41. The maximum atomic E-state index is 13.4. The largest absolute Gasteiger partial charge is 0.496 e. The van der Waals surface area contributed by atoms with Gasteiger partial charge in [-0.3, -0.25) is 0 Å². The van der Waals surface area contributed by atoms with E-state index in [1.807, 2.05) is 30.3 Å². The Morgan fingerprint density at radius 2 is 1.13 bits per heavy atom. The highest BCUT2D eigenvalue weighted by atomic mass is 16.5. The number of carbonyl (C=O) groups excluding carboxylic acids is 4. The Morgan fingerprint density at radius 1 is 0.590 bits per heavy atom. The third-order valence-corrected chi connectivity index (χ3v) is 6.49. The molecule has 0 radical (unpaired) electrons. The van der Waals surface area contributed by atoms with E-state index in [0.29, 0.717) is 22.4 Å². The Kier molecular flexibility index (Phi) is 7.53. The van der Waals surface area contributed by atoms with Crippen LogP contribution >= 0.6 is 0 Å². The van der Waals surface area contributed by atoms with Crippen molar-refractivity contribution in [3.8, 4) is 16.9 Å². The van der Waals surface area contributed by atoms with Gasteiger partial charge in [-0.2, -0.15) is 0 Å². The van der Waals surface area contributed by atoms with Gasteiger partial charge >= 0.3 is 23.9 Å². The first-order valence-corrected chi connectivity index (χ1v) is 11.8. The fourth-order valence-electron chi connectivity index (χ4n) is 4.89.